The second kappa shape index (κ2) is 5.41. The minimum Gasteiger partial charge on any atom is -0.333 e. The summed E-state index contributed by atoms with van der Waals surface area (Å²) in [6.45, 7) is 4.77. The van der Waals surface area contributed by atoms with E-state index < -0.39 is 0 Å². The van der Waals surface area contributed by atoms with Crippen molar-refractivity contribution >= 4 is 0 Å². The van der Waals surface area contributed by atoms with Gasteiger partial charge in [0.2, 0.25) is 0 Å². The number of nitrogens with zero attached hydrogens (tertiary/aromatic N) is 3. The standard InChI is InChI=1S/C14H24N4/c1-17-7-5-12(9-17)10-18-11-15-8-14(18)13-4-2-3-6-16-13/h8,11-13,16H,2-7,9-10H2,1H3. The molecule has 3 rings (SSSR count). The summed E-state index contributed by atoms with van der Waals surface area (Å²) in [4.78, 5) is 6.80. The smallest absolute Gasteiger partial charge is 0.0948 e. The number of imidazole rings is 1. The van der Waals surface area contributed by atoms with Crippen molar-refractivity contribution < 1.29 is 0 Å². The van der Waals surface area contributed by atoms with Crippen molar-refractivity contribution in [3.8, 4) is 0 Å². The molecule has 0 bridgehead atoms. The second-order valence-electron chi connectivity index (χ2n) is 5.89. The summed E-state index contributed by atoms with van der Waals surface area (Å²) in [7, 11) is 2.22. The zero-order valence-electron chi connectivity index (χ0n) is 11.3. The van der Waals surface area contributed by atoms with Gasteiger partial charge in [0.1, 0.15) is 0 Å². The fraction of sp³-hybridized carbons (Fsp3) is 0.786. The number of rotatable bonds is 3. The number of nitrogens with one attached hydrogen (secondary N) is 1. The number of piperidine rings is 1. The highest BCUT2D eigenvalue weighted by Gasteiger charge is 2.23. The van der Waals surface area contributed by atoms with Crippen LogP contribution in [0.4, 0.5) is 0 Å². The Labute approximate surface area is 109 Å². The Hall–Kier alpha value is -0.870. The van der Waals surface area contributed by atoms with Crippen LogP contribution in [0.15, 0.2) is 12.5 Å². The van der Waals surface area contributed by atoms with Gasteiger partial charge in [-0.05, 0) is 45.3 Å². The first-order valence-corrected chi connectivity index (χ1v) is 7.25. The fourth-order valence-corrected chi connectivity index (χ4v) is 3.33. The van der Waals surface area contributed by atoms with Gasteiger partial charge in [0, 0.05) is 25.3 Å². The molecule has 4 nitrogen and oxygen atoms in total. The highest BCUT2D eigenvalue weighted by atomic mass is 15.1. The molecule has 1 aromatic rings. The van der Waals surface area contributed by atoms with Crippen LogP contribution in [0.1, 0.15) is 37.4 Å². The maximum absolute atomic E-state index is 4.37. The lowest BCUT2D eigenvalue weighted by Crippen LogP contribution is -2.29. The number of aromatic nitrogens is 2. The van der Waals surface area contributed by atoms with E-state index in [0.717, 1.165) is 19.0 Å². The van der Waals surface area contributed by atoms with Crippen molar-refractivity contribution in [1.82, 2.24) is 19.8 Å². The van der Waals surface area contributed by atoms with Gasteiger partial charge in [-0.2, -0.15) is 0 Å². The SMILES string of the molecule is CN1CCC(Cn2cncc2C2CCCCN2)C1. The molecule has 100 valence electrons. The lowest BCUT2D eigenvalue weighted by atomic mass is 10.0. The molecule has 1 N–H and O–H groups in total. The van der Waals surface area contributed by atoms with Crippen LogP contribution < -0.4 is 5.32 Å². The molecular weight excluding hydrogens is 224 g/mol. The van der Waals surface area contributed by atoms with E-state index in [1.54, 1.807) is 0 Å². The van der Waals surface area contributed by atoms with Gasteiger partial charge in [0.15, 0.2) is 0 Å². The first kappa shape index (κ1) is 12.2. The van der Waals surface area contributed by atoms with Crippen LogP contribution in [0.3, 0.4) is 0 Å². The maximum atomic E-state index is 4.37. The van der Waals surface area contributed by atoms with Crippen LogP contribution in [-0.4, -0.2) is 41.1 Å². The molecule has 2 aliphatic rings. The maximum Gasteiger partial charge on any atom is 0.0948 e. The molecule has 2 unspecified atom stereocenters. The zero-order chi connectivity index (χ0) is 12.4. The molecule has 2 atom stereocenters. The van der Waals surface area contributed by atoms with Crippen molar-refractivity contribution in [1.29, 1.82) is 0 Å². The van der Waals surface area contributed by atoms with E-state index in [4.69, 9.17) is 0 Å². The quantitative estimate of drug-likeness (QED) is 0.883. The second-order valence-corrected chi connectivity index (χ2v) is 5.89. The largest absolute Gasteiger partial charge is 0.333 e. The summed E-state index contributed by atoms with van der Waals surface area (Å²) in [5.41, 5.74) is 1.39. The van der Waals surface area contributed by atoms with E-state index in [-0.39, 0.29) is 0 Å². The predicted molar refractivity (Wildman–Crippen MR) is 72.4 cm³/mol. The van der Waals surface area contributed by atoms with Crippen LogP contribution in [0.25, 0.3) is 0 Å². The molecule has 1 aromatic heterocycles. The first-order chi connectivity index (χ1) is 8.83. The molecule has 0 aliphatic carbocycles. The minimum absolute atomic E-state index is 0.528. The molecule has 3 heterocycles. The summed E-state index contributed by atoms with van der Waals surface area (Å²) in [5.74, 6) is 0.798. The summed E-state index contributed by atoms with van der Waals surface area (Å²) in [6, 6.07) is 0.528. The molecule has 4 heteroatoms. The summed E-state index contributed by atoms with van der Waals surface area (Å²) in [5, 5.41) is 3.62. The van der Waals surface area contributed by atoms with E-state index in [9.17, 15) is 0 Å². The summed E-state index contributed by atoms with van der Waals surface area (Å²) < 4.78 is 2.38. The number of hydrogen-bond donors (Lipinski definition) is 1. The highest BCUT2D eigenvalue weighted by molar-refractivity contribution is 5.06. The lowest BCUT2D eigenvalue weighted by Gasteiger charge is -2.25. The van der Waals surface area contributed by atoms with E-state index in [0.29, 0.717) is 6.04 Å². The first-order valence-electron chi connectivity index (χ1n) is 7.25. The minimum atomic E-state index is 0.528. The van der Waals surface area contributed by atoms with Crippen LogP contribution >= 0.6 is 0 Å². The Morgan fingerprint density at radius 3 is 3.06 bits per heavy atom. The van der Waals surface area contributed by atoms with Gasteiger partial charge in [-0.3, -0.25) is 0 Å². The Morgan fingerprint density at radius 1 is 1.39 bits per heavy atom. The van der Waals surface area contributed by atoms with Crippen LogP contribution in [-0.2, 0) is 6.54 Å². The Kier molecular flexibility index (Phi) is 3.66. The number of likely N-dealkylation sites (tertiary alicyclic amines) is 1. The van der Waals surface area contributed by atoms with Gasteiger partial charge >= 0.3 is 0 Å². The third-order valence-corrected chi connectivity index (χ3v) is 4.36. The molecular formula is C14H24N4. The van der Waals surface area contributed by atoms with Gasteiger partial charge in [-0.1, -0.05) is 6.42 Å². The van der Waals surface area contributed by atoms with Crippen molar-refractivity contribution in [2.75, 3.05) is 26.7 Å². The van der Waals surface area contributed by atoms with E-state index >= 15 is 0 Å². The normalized spacial score (nSPS) is 29.8. The highest BCUT2D eigenvalue weighted by Crippen LogP contribution is 2.24. The van der Waals surface area contributed by atoms with Crippen molar-refractivity contribution in [3.63, 3.8) is 0 Å². The molecule has 0 spiro atoms. The van der Waals surface area contributed by atoms with Crippen LogP contribution in [0.2, 0.25) is 0 Å². The van der Waals surface area contributed by atoms with E-state index in [1.165, 1.54) is 44.5 Å². The van der Waals surface area contributed by atoms with Crippen molar-refractivity contribution in [3.05, 3.63) is 18.2 Å². The summed E-state index contributed by atoms with van der Waals surface area (Å²) >= 11 is 0. The van der Waals surface area contributed by atoms with Gasteiger partial charge in [0.05, 0.1) is 12.0 Å². The molecule has 2 saturated heterocycles. The number of hydrogen-bond acceptors (Lipinski definition) is 3. The van der Waals surface area contributed by atoms with Gasteiger partial charge in [0.25, 0.3) is 0 Å². The average molecular weight is 248 g/mol. The molecule has 0 radical (unpaired) electrons. The van der Waals surface area contributed by atoms with Gasteiger partial charge in [-0.15, -0.1) is 0 Å². The van der Waals surface area contributed by atoms with E-state index in [2.05, 4.69) is 33.0 Å². The third kappa shape index (κ3) is 2.59. The van der Waals surface area contributed by atoms with Crippen LogP contribution in [0, 0.1) is 5.92 Å². The zero-order valence-corrected chi connectivity index (χ0v) is 11.3. The monoisotopic (exact) mass is 248 g/mol. The molecule has 0 saturated carbocycles. The summed E-state index contributed by atoms with van der Waals surface area (Å²) in [6.07, 6.45) is 9.32. The van der Waals surface area contributed by atoms with Gasteiger partial charge in [-0.25, -0.2) is 4.98 Å². The molecule has 18 heavy (non-hydrogen) atoms. The van der Waals surface area contributed by atoms with Gasteiger partial charge < -0.3 is 14.8 Å². The third-order valence-electron chi connectivity index (χ3n) is 4.36. The molecule has 0 amide bonds. The van der Waals surface area contributed by atoms with E-state index in [1.807, 2.05) is 6.33 Å². The molecule has 2 aliphatic heterocycles. The van der Waals surface area contributed by atoms with Crippen molar-refractivity contribution in [2.24, 2.45) is 5.92 Å². The van der Waals surface area contributed by atoms with Crippen molar-refractivity contribution in [2.45, 2.75) is 38.3 Å². The fourth-order valence-electron chi connectivity index (χ4n) is 3.33. The average Bonchev–Trinajstić information content (AvgIpc) is 3.00. The Balaban J connectivity index is 1.67. The topological polar surface area (TPSA) is 33.1 Å². The predicted octanol–water partition coefficient (Wildman–Crippen LogP) is 1.65. The molecule has 2 fully saturated rings. The molecule has 0 aromatic carbocycles. The lowest BCUT2D eigenvalue weighted by molar-refractivity contribution is 0.359. The Morgan fingerprint density at radius 2 is 2.33 bits per heavy atom. The van der Waals surface area contributed by atoms with Crippen LogP contribution in [0.5, 0.6) is 0 Å². The Bertz CT molecular complexity index is 381.